The zero-order valence-corrected chi connectivity index (χ0v) is 23.4. The molecule has 4 N–H and O–H groups in total. The number of halogens is 1. The van der Waals surface area contributed by atoms with Crippen molar-refractivity contribution >= 4 is 33.3 Å². The van der Waals surface area contributed by atoms with Gasteiger partial charge in [-0.05, 0) is 66.7 Å². The Hall–Kier alpha value is -3.77. The van der Waals surface area contributed by atoms with Crippen LogP contribution in [0.15, 0.2) is 41.3 Å². The molecule has 3 aromatic rings. The van der Waals surface area contributed by atoms with Crippen molar-refractivity contribution in [2.24, 2.45) is 0 Å². The maximum Gasteiger partial charge on any atom is 0.144 e. The number of hydrogen-bond donors (Lipinski definition) is 3. The number of aryl methyl sites for hydroxylation is 1. The first-order chi connectivity index (χ1) is 19.0. The van der Waals surface area contributed by atoms with E-state index in [9.17, 15) is 5.26 Å². The second kappa shape index (κ2) is 13.9. The van der Waals surface area contributed by atoms with Gasteiger partial charge < -0.3 is 25.8 Å². The Morgan fingerprint density at radius 2 is 1.36 bits per heavy atom. The summed E-state index contributed by atoms with van der Waals surface area (Å²) in [7, 11) is 0. The lowest BCUT2D eigenvalue weighted by molar-refractivity contribution is 0.0902. The van der Waals surface area contributed by atoms with Crippen molar-refractivity contribution in [1.82, 2.24) is 15.0 Å². The highest BCUT2D eigenvalue weighted by Gasteiger charge is 2.17. The molecule has 2 saturated heterocycles. The number of nitrogens with one attached hydrogen (secondary N) is 2. The van der Waals surface area contributed by atoms with Gasteiger partial charge in [-0.25, -0.2) is 9.97 Å². The van der Waals surface area contributed by atoms with E-state index in [1.54, 1.807) is 24.7 Å². The maximum atomic E-state index is 9.45. The van der Waals surface area contributed by atoms with E-state index in [1.165, 1.54) is 0 Å². The van der Waals surface area contributed by atoms with Gasteiger partial charge in [-0.2, -0.15) is 10.5 Å². The summed E-state index contributed by atoms with van der Waals surface area (Å²) in [5, 5.41) is 25.1. The number of hydrogen-bond acceptors (Lipinski definition) is 10. The minimum Gasteiger partial charge on any atom is -0.397 e. The lowest BCUT2D eigenvalue weighted by Crippen LogP contribution is -2.28. The molecule has 2 fully saturated rings. The third-order valence-corrected chi connectivity index (χ3v) is 6.96. The van der Waals surface area contributed by atoms with E-state index in [-0.39, 0.29) is 0 Å². The van der Waals surface area contributed by atoms with Gasteiger partial charge in [0.1, 0.15) is 23.8 Å². The number of nitrogens with two attached hydrogens (primary N) is 1. The summed E-state index contributed by atoms with van der Waals surface area (Å²) in [6, 6.07) is 10.5. The molecule has 2 aliphatic heterocycles. The molecule has 0 aliphatic carbocycles. The van der Waals surface area contributed by atoms with Gasteiger partial charge in [-0.3, -0.25) is 4.98 Å². The number of aromatic nitrogens is 3. The first-order valence-corrected chi connectivity index (χ1v) is 13.6. The maximum absolute atomic E-state index is 9.45. The summed E-state index contributed by atoms with van der Waals surface area (Å²) in [5.41, 5.74) is 10.1. The van der Waals surface area contributed by atoms with E-state index in [1.807, 2.05) is 19.1 Å². The zero-order valence-electron chi connectivity index (χ0n) is 21.8. The smallest absolute Gasteiger partial charge is 0.144 e. The molecule has 10 nitrogen and oxygen atoms in total. The van der Waals surface area contributed by atoms with Gasteiger partial charge in [-0.1, -0.05) is 0 Å². The molecule has 202 valence electrons. The molecule has 5 heterocycles. The van der Waals surface area contributed by atoms with E-state index < -0.39 is 0 Å². The minimum absolute atomic E-state index is 0.296. The molecule has 0 spiro atoms. The first kappa shape index (κ1) is 28.2. The highest BCUT2D eigenvalue weighted by atomic mass is 79.9. The van der Waals surface area contributed by atoms with E-state index in [4.69, 9.17) is 20.5 Å². The van der Waals surface area contributed by atoms with E-state index in [0.29, 0.717) is 40.5 Å². The van der Waals surface area contributed by atoms with Gasteiger partial charge in [-0.15, -0.1) is 0 Å². The van der Waals surface area contributed by atoms with Crippen molar-refractivity contribution in [3.63, 3.8) is 0 Å². The number of nitrogens with zero attached hydrogens (tertiary/aromatic N) is 5. The van der Waals surface area contributed by atoms with Crippen molar-refractivity contribution in [1.29, 1.82) is 10.5 Å². The van der Waals surface area contributed by atoms with Crippen LogP contribution >= 0.6 is 15.9 Å². The molecule has 5 rings (SSSR count). The molecule has 39 heavy (non-hydrogen) atoms. The van der Waals surface area contributed by atoms with Crippen LogP contribution in [0.4, 0.5) is 17.3 Å². The molecule has 0 aromatic carbocycles. The van der Waals surface area contributed by atoms with Crippen LogP contribution in [0.25, 0.3) is 11.1 Å². The normalized spacial score (nSPS) is 15.8. The number of nitrogen functional groups attached to an aromatic ring is 1. The molecule has 3 aromatic heterocycles. The van der Waals surface area contributed by atoms with Crippen LogP contribution in [0.2, 0.25) is 0 Å². The highest BCUT2D eigenvalue weighted by molar-refractivity contribution is 9.10. The second-order valence-electron chi connectivity index (χ2n) is 9.36. The Bertz CT molecular complexity index is 1360. The van der Waals surface area contributed by atoms with Gasteiger partial charge in [0.05, 0.1) is 23.0 Å². The summed E-state index contributed by atoms with van der Waals surface area (Å²) in [5.74, 6) is 1.29. The monoisotopic (exact) mass is 590 g/mol. The average molecular weight is 592 g/mol. The van der Waals surface area contributed by atoms with Crippen molar-refractivity contribution < 1.29 is 9.47 Å². The van der Waals surface area contributed by atoms with Crippen molar-refractivity contribution in [2.75, 3.05) is 42.8 Å². The van der Waals surface area contributed by atoms with Gasteiger partial charge in [0.2, 0.25) is 0 Å². The van der Waals surface area contributed by atoms with Crippen molar-refractivity contribution in [3.8, 4) is 23.3 Å². The van der Waals surface area contributed by atoms with Crippen LogP contribution in [0.3, 0.4) is 0 Å². The van der Waals surface area contributed by atoms with Gasteiger partial charge in [0.15, 0.2) is 0 Å². The molecule has 0 radical (unpaired) electrons. The molecule has 0 unspecified atom stereocenters. The van der Waals surface area contributed by atoms with Crippen molar-refractivity contribution in [3.05, 3.63) is 58.1 Å². The molecule has 0 atom stereocenters. The highest BCUT2D eigenvalue weighted by Crippen LogP contribution is 2.27. The van der Waals surface area contributed by atoms with Crippen LogP contribution in [0.5, 0.6) is 0 Å². The largest absolute Gasteiger partial charge is 0.397 e. The zero-order chi connectivity index (χ0) is 27.6. The van der Waals surface area contributed by atoms with Gasteiger partial charge in [0.25, 0.3) is 0 Å². The fraction of sp³-hybridized carbons (Fsp3) is 0.393. The fourth-order valence-corrected chi connectivity index (χ4v) is 4.70. The summed E-state index contributed by atoms with van der Waals surface area (Å²) < 4.78 is 11.5. The molecule has 2 aliphatic rings. The van der Waals surface area contributed by atoms with Crippen LogP contribution in [-0.4, -0.2) is 53.5 Å². The first-order valence-electron chi connectivity index (χ1n) is 12.8. The number of nitriles is 2. The summed E-state index contributed by atoms with van der Waals surface area (Å²) in [6.07, 6.45) is 8.84. The SMILES string of the molecule is Cc1ncc(N)cc1-c1cnc(NC2CCOCC2)c(C#N)c1.N#Cc1cc(Br)cnc1NC1CCOCC1. The predicted molar refractivity (Wildman–Crippen MR) is 153 cm³/mol. The topological polar surface area (TPSA) is 155 Å². The Morgan fingerprint density at radius 1 is 0.821 bits per heavy atom. The van der Waals surface area contributed by atoms with Crippen LogP contribution in [0, 0.1) is 29.6 Å². The van der Waals surface area contributed by atoms with Gasteiger partial charge in [0, 0.05) is 72.2 Å². The average Bonchev–Trinajstić information content (AvgIpc) is 2.97. The minimum atomic E-state index is 0.296. The quantitative estimate of drug-likeness (QED) is 0.377. The molecular weight excluding hydrogens is 560 g/mol. The molecule has 11 heteroatoms. The Labute approximate surface area is 236 Å². The van der Waals surface area contributed by atoms with Gasteiger partial charge >= 0.3 is 0 Å². The summed E-state index contributed by atoms with van der Waals surface area (Å²) >= 11 is 3.30. The summed E-state index contributed by atoms with van der Waals surface area (Å²) in [6.45, 7) is 4.94. The third-order valence-electron chi connectivity index (χ3n) is 6.53. The second-order valence-corrected chi connectivity index (χ2v) is 10.3. The molecular formula is C28H31BrN8O2. The number of rotatable bonds is 5. The lowest BCUT2D eigenvalue weighted by atomic mass is 10.0. The van der Waals surface area contributed by atoms with E-state index >= 15 is 0 Å². The number of pyridine rings is 3. The van der Waals surface area contributed by atoms with Crippen molar-refractivity contribution in [2.45, 2.75) is 44.7 Å². The molecule has 0 bridgehead atoms. The Kier molecular flexibility index (Phi) is 10.0. The predicted octanol–water partition coefficient (Wildman–Crippen LogP) is 4.80. The van der Waals surface area contributed by atoms with Crippen LogP contribution < -0.4 is 16.4 Å². The molecule has 0 amide bonds. The van der Waals surface area contributed by atoms with E-state index in [2.05, 4.69) is 53.7 Å². The Balaban J connectivity index is 0.000000193. The fourth-order valence-electron chi connectivity index (χ4n) is 4.36. The van der Waals surface area contributed by atoms with Crippen LogP contribution in [-0.2, 0) is 9.47 Å². The number of anilines is 3. The Morgan fingerprint density at radius 3 is 1.92 bits per heavy atom. The molecule has 0 saturated carbocycles. The summed E-state index contributed by atoms with van der Waals surface area (Å²) in [4.78, 5) is 12.9. The lowest BCUT2D eigenvalue weighted by Gasteiger charge is -2.24. The standard InChI is InChI=1S/C17H19N5O.C11H12BrN3O/c1-11-16(7-14(19)10-20-11)13-6-12(8-18)17(21-9-13)22-15-2-4-23-5-3-15;12-9-5-8(6-13)11(14-7-9)15-10-1-3-16-4-2-10/h6-7,9-10,15H,2-5,19H2,1H3,(H,21,22);5,7,10H,1-4H2,(H,14,15). The number of ether oxygens (including phenoxy) is 2. The van der Waals surface area contributed by atoms with Crippen LogP contribution in [0.1, 0.15) is 42.5 Å². The third kappa shape index (κ3) is 7.87. The van der Waals surface area contributed by atoms with E-state index in [0.717, 1.165) is 73.4 Å².